The lowest BCUT2D eigenvalue weighted by Gasteiger charge is -2.28. The predicted molar refractivity (Wildman–Crippen MR) is 76.5 cm³/mol. The van der Waals surface area contributed by atoms with E-state index in [-0.39, 0.29) is 11.2 Å². The van der Waals surface area contributed by atoms with Gasteiger partial charge in [-0.05, 0) is 45.4 Å². The van der Waals surface area contributed by atoms with Crippen LogP contribution in [0.1, 0.15) is 57.0 Å². The molecule has 0 spiro atoms. The van der Waals surface area contributed by atoms with Crippen LogP contribution in [-0.2, 0) is 16.9 Å². The summed E-state index contributed by atoms with van der Waals surface area (Å²) in [6.45, 7) is 3.31. The van der Waals surface area contributed by atoms with Gasteiger partial charge in [0, 0.05) is 25.3 Å². The molecule has 0 bridgehead atoms. The van der Waals surface area contributed by atoms with E-state index in [0.29, 0.717) is 19.2 Å². The zero-order valence-electron chi connectivity index (χ0n) is 12.1. The minimum Gasteiger partial charge on any atom is -0.367 e. The van der Waals surface area contributed by atoms with Gasteiger partial charge >= 0.3 is 0 Å². The first kappa shape index (κ1) is 13.8. The second-order valence-corrected chi connectivity index (χ2v) is 5.87. The minimum absolute atomic E-state index is 0.0754. The molecule has 2 N–H and O–H groups in total. The molecular formula is C15H23N3O2. The van der Waals surface area contributed by atoms with Gasteiger partial charge in [0.25, 0.3) is 5.56 Å². The lowest BCUT2D eigenvalue weighted by molar-refractivity contribution is -0.0460. The van der Waals surface area contributed by atoms with Crippen molar-refractivity contribution in [3.8, 4) is 0 Å². The smallest absolute Gasteiger partial charge is 0.251 e. The number of nitrogens with one attached hydrogen (secondary N) is 2. The Morgan fingerprint density at radius 2 is 2.20 bits per heavy atom. The van der Waals surface area contributed by atoms with Crippen molar-refractivity contribution in [1.82, 2.24) is 15.3 Å². The SMILES string of the molecule is CCOC1(c2nc(CNC3CC3)cc(=O)[nH]2)CCCC1. The van der Waals surface area contributed by atoms with Crippen LogP contribution < -0.4 is 10.9 Å². The number of aromatic nitrogens is 2. The molecule has 0 unspecified atom stereocenters. The van der Waals surface area contributed by atoms with Crippen LogP contribution in [0.25, 0.3) is 0 Å². The van der Waals surface area contributed by atoms with E-state index in [2.05, 4.69) is 15.3 Å². The summed E-state index contributed by atoms with van der Waals surface area (Å²) in [4.78, 5) is 19.5. The molecule has 0 radical (unpaired) electrons. The summed E-state index contributed by atoms with van der Waals surface area (Å²) in [6, 6.07) is 2.21. The molecule has 0 atom stereocenters. The fraction of sp³-hybridized carbons (Fsp3) is 0.733. The van der Waals surface area contributed by atoms with Gasteiger partial charge in [0.05, 0.1) is 5.69 Å². The Bertz CT molecular complexity index is 516. The maximum absolute atomic E-state index is 11.9. The number of ether oxygens (including phenoxy) is 1. The van der Waals surface area contributed by atoms with Crippen molar-refractivity contribution in [3.63, 3.8) is 0 Å². The van der Waals surface area contributed by atoms with Gasteiger partial charge in [0.15, 0.2) is 0 Å². The molecule has 5 heteroatoms. The Morgan fingerprint density at radius 3 is 2.85 bits per heavy atom. The molecule has 0 aliphatic heterocycles. The number of aromatic amines is 1. The van der Waals surface area contributed by atoms with E-state index in [4.69, 9.17) is 4.74 Å². The highest BCUT2D eigenvalue weighted by Gasteiger charge is 2.39. The molecule has 2 aliphatic carbocycles. The zero-order chi connectivity index (χ0) is 14.0. The summed E-state index contributed by atoms with van der Waals surface area (Å²) in [5, 5.41) is 3.41. The average Bonchev–Trinajstić information content (AvgIpc) is 3.14. The van der Waals surface area contributed by atoms with E-state index in [1.54, 1.807) is 6.07 Å². The van der Waals surface area contributed by atoms with Gasteiger partial charge in [-0.15, -0.1) is 0 Å². The van der Waals surface area contributed by atoms with Gasteiger partial charge in [-0.2, -0.15) is 0 Å². The normalized spacial score (nSPS) is 21.2. The highest BCUT2D eigenvalue weighted by atomic mass is 16.5. The maximum Gasteiger partial charge on any atom is 0.251 e. The molecule has 2 saturated carbocycles. The molecule has 1 heterocycles. The van der Waals surface area contributed by atoms with Crippen molar-refractivity contribution >= 4 is 0 Å². The Labute approximate surface area is 119 Å². The summed E-state index contributed by atoms with van der Waals surface area (Å²) in [5.41, 5.74) is 0.374. The van der Waals surface area contributed by atoms with E-state index in [0.717, 1.165) is 37.2 Å². The Morgan fingerprint density at radius 1 is 1.45 bits per heavy atom. The third kappa shape index (κ3) is 2.94. The predicted octanol–water partition coefficient (Wildman–Crippen LogP) is 1.83. The molecule has 0 saturated heterocycles. The molecule has 2 aliphatic rings. The summed E-state index contributed by atoms with van der Waals surface area (Å²) in [5.74, 6) is 0.719. The Kier molecular flexibility index (Phi) is 3.89. The molecule has 110 valence electrons. The first-order valence-electron chi connectivity index (χ1n) is 7.70. The third-order valence-corrected chi connectivity index (χ3v) is 4.21. The monoisotopic (exact) mass is 277 g/mol. The quantitative estimate of drug-likeness (QED) is 0.832. The molecule has 0 aromatic carbocycles. The zero-order valence-corrected chi connectivity index (χ0v) is 12.1. The molecule has 5 nitrogen and oxygen atoms in total. The van der Waals surface area contributed by atoms with E-state index in [1.807, 2.05) is 6.92 Å². The third-order valence-electron chi connectivity index (χ3n) is 4.21. The number of hydrogen-bond acceptors (Lipinski definition) is 4. The van der Waals surface area contributed by atoms with Crippen LogP contribution in [0.5, 0.6) is 0 Å². The fourth-order valence-corrected chi connectivity index (χ4v) is 3.02. The van der Waals surface area contributed by atoms with E-state index >= 15 is 0 Å². The van der Waals surface area contributed by atoms with Crippen molar-refractivity contribution < 1.29 is 4.74 Å². The molecule has 2 fully saturated rings. The second kappa shape index (κ2) is 5.66. The van der Waals surface area contributed by atoms with Crippen LogP contribution in [0, 0.1) is 0 Å². The fourth-order valence-electron chi connectivity index (χ4n) is 3.02. The van der Waals surface area contributed by atoms with Crippen molar-refractivity contribution in [1.29, 1.82) is 0 Å². The molecule has 1 aromatic rings. The summed E-state index contributed by atoms with van der Waals surface area (Å²) < 4.78 is 5.97. The van der Waals surface area contributed by atoms with Gasteiger partial charge in [-0.3, -0.25) is 4.79 Å². The number of hydrogen-bond donors (Lipinski definition) is 2. The number of rotatable bonds is 6. The Balaban J connectivity index is 1.84. The molecule has 1 aromatic heterocycles. The number of H-pyrrole nitrogens is 1. The Hall–Kier alpha value is -1.20. The van der Waals surface area contributed by atoms with Gasteiger partial charge < -0.3 is 15.0 Å². The van der Waals surface area contributed by atoms with Gasteiger partial charge in [-0.1, -0.05) is 0 Å². The van der Waals surface area contributed by atoms with E-state index in [1.165, 1.54) is 12.8 Å². The topological polar surface area (TPSA) is 67.0 Å². The van der Waals surface area contributed by atoms with Gasteiger partial charge in [0.2, 0.25) is 0 Å². The lowest BCUT2D eigenvalue weighted by Crippen LogP contribution is -2.32. The second-order valence-electron chi connectivity index (χ2n) is 5.87. The van der Waals surface area contributed by atoms with Crippen molar-refractivity contribution in [2.24, 2.45) is 0 Å². The number of nitrogens with zero attached hydrogens (tertiary/aromatic N) is 1. The van der Waals surface area contributed by atoms with Crippen LogP contribution in [0.15, 0.2) is 10.9 Å². The molecular weight excluding hydrogens is 254 g/mol. The van der Waals surface area contributed by atoms with Crippen LogP contribution in [-0.4, -0.2) is 22.6 Å². The van der Waals surface area contributed by atoms with Crippen LogP contribution in [0.3, 0.4) is 0 Å². The minimum atomic E-state index is -0.372. The van der Waals surface area contributed by atoms with Crippen LogP contribution in [0.4, 0.5) is 0 Å². The largest absolute Gasteiger partial charge is 0.367 e. The van der Waals surface area contributed by atoms with Crippen molar-refractivity contribution in [3.05, 3.63) is 27.9 Å². The van der Waals surface area contributed by atoms with Crippen LogP contribution in [0.2, 0.25) is 0 Å². The first-order valence-corrected chi connectivity index (χ1v) is 7.70. The molecule has 20 heavy (non-hydrogen) atoms. The molecule has 0 amide bonds. The summed E-state index contributed by atoms with van der Waals surface area (Å²) in [6.07, 6.45) is 6.63. The standard InChI is InChI=1S/C15H23N3O2/c1-2-20-15(7-3-4-8-15)14-17-12(9-13(19)18-14)10-16-11-5-6-11/h9,11,16H,2-8,10H2,1H3,(H,17,18,19). The molecule has 3 rings (SSSR count). The summed E-state index contributed by atoms with van der Waals surface area (Å²) >= 11 is 0. The van der Waals surface area contributed by atoms with Gasteiger partial charge in [-0.25, -0.2) is 4.98 Å². The van der Waals surface area contributed by atoms with E-state index < -0.39 is 0 Å². The lowest BCUT2D eigenvalue weighted by atomic mass is 10.0. The highest BCUT2D eigenvalue weighted by molar-refractivity contribution is 5.11. The van der Waals surface area contributed by atoms with Crippen molar-refractivity contribution in [2.45, 2.75) is 63.6 Å². The average molecular weight is 277 g/mol. The highest BCUT2D eigenvalue weighted by Crippen LogP contribution is 2.40. The maximum atomic E-state index is 11.9. The van der Waals surface area contributed by atoms with Crippen molar-refractivity contribution in [2.75, 3.05) is 6.61 Å². The summed E-state index contributed by atoms with van der Waals surface area (Å²) in [7, 11) is 0. The van der Waals surface area contributed by atoms with Gasteiger partial charge in [0.1, 0.15) is 11.4 Å². The first-order chi connectivity index (χ1) is 9.72. The van der Waals surface area contributed by atoms with E-state index in [9.17, 15) is 4.79 Å². The van der Waals surface area contributed by atoms with Crippen LogP contribution >= 0.6 is 0 Å².